The van der Waals surface area contributed by atoms with E-state index in [1.165, 1.54) is 0 Å². The minimum atomic E-state index is 0.368. The molecular weight excluding hydrogens is 90.9 g/mol. The van der Waals surface area contributed by atoms with Crippen molar-refractivity contribution in [2.24, 2.45) is 0 Å². The van der Waals surface area contributed by atoms with E-state index in [1.54, 1.807) is 7.98 Å². The van der Waals surface area contributed by atoms with Gasteiger partial charge in [-0.05, 0) is 13.8 Å². The van der Waals surface area contributed by atoms with Crippen LogP contribution in [0.4, 0.5) is 0 Å². The highest BCUT2D eigenvalue weighted by Crippen LogP contribution is 1.70. The minimum Gasteiger partial charge on any atom is -0.233 e. The molecule has 0 atom stereocenters. The fraction of sp³-hybridized carbons (Fsp3) is 1.00. The van der Waals surface area contributed by atoms with Crippen molar-refractivity contribution in [1.82, 2.24) is 10.9 Å². The van der Waals surface area contributed by atoms with Gasteiger partial charge in [0.2, 0.25) is 7.98 Å². The highest BCUT2D eigenvalue weighted by atomic mass is 16.8. The molecule has 0 aromatic rings. The summed E-state index contributed by atoms with van der Waals surface area (Å²) in [6.45, 7) is 3.99. The Bertz CT molecular complexity index is 41.9. The zero-order valence-corrected chi connectivity index (χ0v) is 4.99. The number of rotatable bonds is 3. The molecule has 4 heteroatoms. The van der Waals surface area contributed by atoms with Crippen molar-refractivity contribution in [2.75, 3.05) is 0 Å². The number of hydrogen-bond acceptors (Lipinski definition) is 3. The Hall–Kier alpha value is -0.0551. The van der Waals surface area contributed by atoms with Crippen molar-refractivity contribution in [3.63, 3.8) is 0 Å². The van der Waals surface area contributed by atoms with Gasteiger partial charge in [-0.3, -0.25) is 0 Å². The van der Waals surface area contributed by atoms with Gasteiger partial charge in [-0.1, -0.05) is 0 Å². The molecule has 0 aliphatic heterocycles. The Labute approximate surface area is 44.8 Å². The zero-order valence-electron chi connectivity index (χ0n) is 4.99. The van der Waals surface area contributed by atoms with E-state index in [1.807, 2.05) is 13.8 Å². The van der Waals surface area contributed by atoms with Gasteiger partial charge in [0.25, 0.3) is 0 Å². The summed E-state index contributed by atoms with van der Waals surface area (Å²) >= 11 is 0. The molecule has 0 saturated heterocycles. The fourth-order valence-corrected chi connectivity index (χ4v) is 0.177. The molecule has 0 heterocycles. The van der Waals surface area contributed by atoms with Crippen LogP contribution in [0, 0.1) is 0 Å². The monoisotopic (exact) mass is 102 g/mol. The second-order valence-corrected chi connectivity index (χ2v) is 1.58. The maximum absolute atomic E-state index is 4.59. The average molecular weight is 102 g/mol. The van der Waals surface area contributed by atoms with E-state index in [0.717, 1.165) is 0 Å². The molecule has 0 spiro atoms. The maximum atomic E-state index is 4.59. The van der Waals surface area contributed by atoms with Crippen molar-refractivity contribution in [3.05, 3.63) is 0 Å². The lowest BCUT2D eigenvalue weighted by atomic mass is 10.4. The Morgan fingerprint density at radius 2 is 2.14 bits per heavy atom. The van der Waals surface area contributed by atoms with Crippen molar-refractivity contribution in [3.8, 4) is 0 Å². The molecule has 0 rings (SSSR count). The molecule has 7 heavy (non-hydrogen) atoms. The highest BCUT2D eigenvalue weighted by molar-refractivity contribution is 6.03. The van der Waals surface area contributed by atoms with Crippen molar-refractivity contribution in [1.29, 1.82) is 0 Å². The second kappa shape index (κ2) is 4.11. The minimum absolute atomic E-state index is 0.368. The quantitative estimate of drug-likeness (QED) is 0.353. The standard InChI is InChI=1S/C3H11BN2O/c1-3(2)5-7-6-4/h3,5-6H,4H2,1-2H3. The van der Waals surface area contributed by atoms with Gasteiger partial charge in [0, 0.05) is 6.04 Å². The van der Waals surface area contributed by atoms with Crippen LogP contribution in [0.15, 0.2) is 0 Å². The fourth-order valence-electron chi connectivity index (χ4n) is 0.177. The van der Waals surface area contributed by atoms with E-state index in [2.05, 4.69) is 15.8 Å². The molecule has 3 nitrogen and oxygen atoms in total. The van der Waals surface area contributed by atoms with Crippen LogP contribution in [0.3, 0.4) is 0 Å². The lowest BCUT2D eigenvalue weighted by Crippen LogP contribution is -2.29. The third kappa shape index (κ3) is 5.94. The van der Waals surface area contributed by atoms with E-state index < -0.39 is 0 Å². The van der Waals surface area contributed by atoms with E-state index in [9.17, 15) is 0 Å². The third-order valence-corrected chi connectivity index (χ3v) is 0.397. The summed E-state index contributed by atoms with van der Waals surface area (Å²) in [5.74, 6) is 0. The van der Waals surface area contributed by atoms with Gasteiger partial charge in [0.05, 0.1) is 0 Å². The first-order valence-electron chi connectivity index (χ1n) is 2.35. The van der Waals surface area contributed by atoms with Gasteiger partial charge < -0.3 is 0 Å². The second-order valence-electron chi connectivity index (χ2n) is 1.58. The van der Waals surface area contributed by atoms with Crippen LogP contribution in [0.1, 0.15) is 13.8 Å². The van der Waals surface area contributed by atoms with Crippen LogP contribution in [-0.4, -0.2) is 14.0 Å². The van der Waals surface area contributed by atoms with E-state index in [4.69, 9.17) is 0 Å². The Morgan fingerprint density at radius 1 is 1.57 bits per heavy atom. The molecule has 0 radical (unpaired) electrons. The largest absolute Gasteiger partial charge is 0.233 e. The predicted octanol–water partition coefficient (Wildman–Crippen LogP) is -1.03. The topological polar surface area (TPSA) is 33.3 Å². The van der Waals surface area contributed by atoms with Crippen LogP contribution in [0.2, 0.25) is 0 Å². The Kier molecular flexibility index (Phi) is 4.08. The van der Waals surface area contributed by atoms with Crippen molar-refractivity contribution < 1.29 is 4.94 Å². The van der Waals surface area contributed by atoms with Crippen LogP contribution in [0.5, 0.6) is 0 Å². The van der Waals surface area contributed by atoms with E-state index >= 15 is 0 Å². The van der Waals surface area contributed by atoms with Gasteiger partial charge in [-0.15, -0.1) is 0 Å². The highest BCUT2D eigenvalue weighted by Gasteiger charge is 1.85. The van der Waals surface area contributed by atoms with Gasteiger partial charge in [0.15, 0.2) is 0 Å². The molecule has 0 saturated carbocycles. The average Bonchev–Trinajstić information content (AvgIpc) is 1.61. The molecule has 0 unspecified atom stereocenters. The summed E-state index contributed by atoms with van der Waals surface area (Å²) in [6, 6.07) is 0.368. The first kappa shape index (κ1) is 6.94. The molecule has 0 fully saturated rings. The third-order valence-electron chi connectivity index (χ3n) is 0.397. The molecule has 0 aromatic carbocycles. The van der Waals surface area contributed by atoms with E-state index in [-0.39, 0.29) is 0 Å². The molecule has 0 aromatic heterocycles. The molecule has 0 aliphatic rings. The summed E-state index contributed by atoms with van der Waals surface area (Å²) < 4.78 is 0. The molecule has 2 N–H and O–H groups in total. The summed E-state index contributed by atoms with van der Waals surface area (Å²) in [4.78, 5) is 4.59. The number of hydrogen-bond donors (Lipinski definition) is 2. The van der Waals surface area contributed by atoms with Crippen LogP contribution in [-0.2, 0) is 4.94 Å². The normalized spacial score (nSPS) is 10.1. The SMILES string of the molecule is BNONC(C)C. The Balaban J connectivity index is 2.68. The zero-order chi connectivity index (χ0) is 5.70. The lowest BCUT2D eigenvalue weighted by Gasteiger charge is -2.04. The predicted molar refractivity (Wildman–Crippen MR) is 31.0 cm³/mol. The van der Waals surface area contributed by atoms with E-state index in [0.29, 0.717) is 6.04 Å². The first-order chi connectivity index (χ1) is 3.27. The molecule has 0 amide bonds. The first-order valence-corrected chi connectivity index (χ1v) is 2.35. The van der Waals surface area contributed by atoms with Gasteiger partial charge >= 0.3 is 0 Å². The molecule has 42 valence electrons. The number of hydroxylamine groups is 1. The van der Waals surface area contributed by atoms with Crippen LogP contribution in [0.25, 0.3) is 0 Å². The Morgan fingerprint density at radius 3 is 2.29 bits per heavy atom. The van der Waals surface area contributed by atoms with Crippen LogP contribution < -0.4 is 10.9 Å². The maximum Gasteiger partial charge on any atom is 0.219 e. The number of nitrogens with one attached hydrogen (secondary N) is 2. The van der Waals surface area contributed by atoms with Gasteiger partial charge in [-0.25, -0.2) is 10.3 Å². The van der Waals surface area contributed by atoms with Gasteiger partial charge in [-0.2, -0.15) is 5.48 Å². The summed E-state index contributed by atoms with van der Waals surface area (Å²) in [6.07, 6.45) is 0. The summed E-state index contributed by atoms with van der Waals surface area (Å²) in [5, 5.41) is 2.49. The summed E-state index contributed by atoms with van der Waals surface area (Å²) in [7, 11) is 1.70. The summed E-state index contributed by atoms with van der Waals surface area (Å²) in [5.41, 5.74) is 2.68. The van der Waals surface area contributed by atoms with Crippen molar-refractivity contribution >= 4 is 7.98 Å². The lowest BCUT2D eigenvalue weighted by molar-refractivity contribution is -0.0104. The van der Waals surface area contributed by atoms with Crippen LogP contribution >= 0.6 is 0 Å². The molecule has 0 aliphatic carbocycles. The molecular formula is C3H11BN2O. The van der Waals surface area contributed by atoms with Gasteiger partial charge in [0.1, 0.15) is 0 Å². The molecule has 0 bridgehead atoms. The smallest absolute Gasteiger partial charge is 0.219 e. The van der Waals surface area contributed by atoms with Crippen molar-refractivity contribution in [2.45, 2.75) is 19.9 Å².